The summed E-state index contributed by atoms with van der Waals surface area (Å²) < 4.78 is 5.17. The van der Waals surface area contributed by atoms with Crippen LogP contribution in [0, 0.1) is 0 Å². The van der Waals surface area contributed by atoms with Crippen molar-refractivity contribution >= 4 is 35.0 Å². The Bertz CT molecular complexity index is 1080. The fourth-order valence-corrected chi connectivity index (χ4v) is 4.72. The van der Waals surface area contributed by atoms with E-state index in [-0.39, 0.29) is 30.6 Å². The quantitative estimate of drug-likeness (QED) is 0.396. The minimum absolute atomic E-state index is 0.0176. The number of anilines is 1. The summed E-state index contributed by atoms with van der Waals surface area (Å²) in [4.78, 5) is 42.5. The predicted octanol–water partition coefficient (Wildman–Crippen LogP) is 4.94. The number of imide groups is 1. The highest BCUT2D eigenvalue weighted by Gasteiger charge is 2.44. The lowest BCUT2D eigenvalue weighted by atomic mass is 9.96. The van der Waals surface area contributed by atoms with Gasteiger partial charge in [0.2, 0.25) is 11.8 Å². The number of benzene rings is 2. The Morgan fingerprint density at radius 1 is 1.09 bits per heavy atom. The van der Waals surface area contributed by atoms with Gasteiger partial charge in [-0.1, -0.05) is 35.4 Å². The average molecular weight is 481 g/mol. The zero-order valence-electron chi connectivity index (χ0n) is 19.3. The number of carbonyl (C=O) groups excluding carboxylic acids is 3. The van der Waals surface area contributed by atoms with E-state index in [0.29, 0.717) is 29.4 Å². The molecule has 2 aliphatic rings. The van der Waals surface area contributed by atoms with Gasteiger partial charge in [-0.2, -0.15) is 0 Å². The molecule has 2 aromatic carbocycles. The van der Waals surface area contributed by atoms with Crippen LogP contribution in [0.2, 0.25) is 5.02 Å². The van der Waals surface area contributed by atoms with Crippen LogP contribution in [0.3, 0.4) is 0 Å². The number of nitrogens with zero attached hydrogens (tertiary/aromatic N) is 2. The van der Waals surface area contributed by atoms with Crippen molar-refractivity contribution in [1.82, 2.24) is 4.90 Å². The van der Waals surface area contributed by atoms with E-state index >= 15 is 0 Å². The Balaban J connectivity index is 1.55. The second-order valence-electron chi connectivity index (χ2n) is 8.73. The van der Waals surface area contributed by atoms with Gasteiger partial charge in [0.1, 0.15) is 11.8 Å². The highest BCUT2D eigenvalue weighted by atomic mass is 35.5. The Hall–Kier alpha value is -3.12. The van der Waals surface area contributed by atoms with Crippen molar-refractivity contribution in [3.63, 3.8) is 0 Å². The van der Waals surface area contributed by atoms with Crippen LogP contribution in [0.5, 0.6) is 5.75 Å². The maximum atomic E-state index is 13.4. The van der Waals surface area contributed by atoms with Gasteiger partial charge < -0.3 is 9.64 Å². The zero-order valence-corrected chi connectivity index (χ0v) is 20.1. The van der Waals surface area contributed by atoms with Crippen LogP contribution in [0.1, 0.15) is 44.1 Å². The Kier molecular flexibility index (Phi) is 7.68. The zero-order chi connectivity index (χ0) is 24.1. The number of amides is 3. The Morgan fingerprint density at radius 2 is 1.82 bits per heavy atom. The molecule has 0 saturated carbocycles. The summed E-state index contributed by atoms with van der Waals surface area (Å²) in [6.07, 6.45) is 7.51. The number of hydrogen-bond donors (Lipinski definition) is 0. The van der Waals surface area contributed by atoms with E-state index < -0.39 is 6.04 Å². The molecule has 1 heterocycles. The first-order chi connectivity index (χ1) is 16.5. The minimum Gasteiger partial charge on any atom is -0.497 e. The largest absolute Gasteiger partial charge is 0.497 e. The van der Waals surface area contributed by atoms with Gasteiger partial charge in [-0.15, -0.1) is 0 Å². The van der Waals surface area contributed by atoms with Crippen LogP contribution in [0.25, 0.3) is 0 Å². The van der Waals surface area contributed by atoms with Crippen LogP contribution in [-0.4, -0.2) is 42.3 Å². The van der Waals surface area contributed by atoms with Crippen molar-refractivity contribution in [3.05, 3.63) is 70.8 Å². The molecule has 1 aliphatic carbocycles. The van der Waals surface area contributed by atoms with Gasteiger partial charge in [0.15, 0.2) is 0 Å². The SMILES string of the molecule is COc1ccc(N2C(=O)CC(N(CCC3=CCCCC3)C(=O)Cc3ccc(Cl)cc3)C2=O)cc1. The van der Waals surface area contributed by atoms with Crippen LogP contribution >= 0.6 is 11.6 Å². The van der Waals surface area contributed by atoms with Gasteiger partial charge in [0.05, 0.1) is 25.6 Å². The van der Waals surface area contributed by atoms with Crippen molar-refractivity contribution in [2.75, 3.05) is 18.6 Å². The molecular formula is C27H29ClN2O4. The van der Waals surface area contributed by atoms with Gasteiger partial charge in [-0.3, -0.25) is 14.4 Å². The van der Waals surface area contributed by atoms with Gasteiger partial charge in [0.25, 0.3) is 5.91 Å². The van der Waals surface area contributed by atoms with E-state index in [1.807, 2.05) is 12.1 Å². The van der Waals surface area contributed by atoms with Crippen molar-refractivity contribution in [1.29, 1.82) is 0 Å². The standard InChI is InChI=1S/C27H29ClN2O4/c1-34-23-13-11-22(12-14-23)30-26(32)18-24(27(30)33)29(16-15-19-5-3-2-4-6-19)25(31)17-20-7-9-21(28)10-8-20/h5,7-14,24H,2-4,6,15-18H2,1H3. The molecule has 1 fully saturated rings. The fraction of sp³-hybridized carbons (Fsp3) is 0.370. The number of halogens is 1. The minimum atomic E-state index is -0.807. The van der Waals surface area contributed by atoms with Gasteiger partial charge in [0, 0.05) is 11.6 Å². The van der Waals surface area contributed by atoms with E-state index in [4.69, 9.17) is 16.3 Å². The van der Waals surface area contributed by atoms with Crippen molar-refractivity contribution in [2.24, 2.45) is 0 Å². The predicted molar refractivity (Wildman–Crippen MR) is 132 cm³/mol. The summed E-state index contributed by atoms with van der Waals surface area (Å²) in [7, 11) is 1.56. The molecule has 0 spiro atoms. The third-order valence-electron chi connectivity index (χ3n) is 6.48. The van der Waals surface area contributed by atoms with Crippen LogP contribution in [0.4, 0.5) is 5.69 Å². The molecule has 1 unspecified atom stereocenters. The van der Waals surface area contributed by atoms with E-state index in [0.717, 1.165) is 24.8 Å². The summed E-state index contributed by atoms with van der Waals surface area (Å²) in [5.74, 6) is -0.194. The molecule has 0 radical (unpaired) electrons. The first kappa shape index (κ1) is 24.0. The summed E-state index contributed by atoms with van der Waals surface area (Å²) in [6, 6.07) is 13.1. The molecule has 0 aromatic heterocycles. The highest BCUT2D eigenvalue weighted by Crippen LogP contribution is 2.29. The van der Waals surface area contributed by atoms with Crippen molar-refractivity contribution in [2.45, 2.75) is 51.0 Å². The number of carbonyl (C=O) groups is 3. The molecule has 1 saturated heterocycles. The van der Waals surface area contributed by atoms with E-state index in [1.54, 1.807) is 48.4 Å². The lowest BCUT2D eigenvalue weighted by Crippen LogP contribution is -2.46. The molecule has 0 bridgehead atoms. The molecule has 3 amide bonds. The molecule has 34 heavy (non-hydrogen) atoms. The third kappa shape index (κ3) is 5.50. The topological polar surface area (TPSA) is 66.9 Å². The third-order valence-corrected chi connectivity index (χ3v) is 6.73. The first-order valence-electron chi connectivity index (χ1n) is 11.7. The van der Waals surface area contributed by atoms with Gasteiger partial charge >= 0.3 is 0 Å². The van der Waals surface area contributed by atoms with Crippen LogP contribution in [0.15, 0.2) is 60.2 Å². The maximum Gasteiger partial charge on any atom is 0.257 e. The lowest BCUT2D eigenvalue weighted by molar-refractivity contribution is -0.137. The molecule has 4 rings (SSSR count). The number of hydrogen-bond acceptors (Lipinski definition) is 4. The number of allylic oxidation sites excluding steroid dienone is 1. The van der Waals surface area contributed by atoms with Gasteiger partial charge in [-0.05, 0) is 74.1 Å². The van der Waals surface area contributed by atoms with E-state index in [9.17, 15) is 14.4 Å². The molecule has 178 valence electrons. The molecule has 0 N–H and O–H groups in total. The highest BCUT2D eigenvalue weighted by molar-refractivity contribution is 6.30. The summed E-state index contributed by atoms with van der Waals surface area (Å²) in [5.41, 5.74) is 2.62. The number of methoxy groups -OCH3 is 1. The van der Waals surface area contributed by atoms with Gasteiger partial charge in [-0.25, -0.2) is 4.90 Å². The van der Waals surface area contributed by atoms with Crippen LogP contribution in [-0.2, 0) is 20.8 Å². The summed E-state index contributed by atoms with van der Waals surface area (Å²) in [5, 5.41) is 0.601. The Labute approximate surface area is 205 Å². The van der Waals surface area contributed by atoms with E-state index in [2.05, 4.69) is 6.08 Å². The molecule has 2 aromatic rings. The maximum absolute atomic E-state index is 13.4. The molecular weight excluding hydrogens is 452 g/mol. The first-order valence-corrected chi connectivity index (χ1v) is 12.1. The van der Waals surface area contributed by atoms with Crippen molar-refractivity contribution in [3.8, 4) is 5.75 Å². The van der Waals surface area contributed by atoms with E-state index in [1.165, 1.54) is 16.9 Å². The second kappa shape index (κ2) is 10.9. The lowest BCUT2D eigenvalue weighted by Gasteiger charge is -2.29. The summed E-state index contributed by atoms with van der Waals surface area (Å²) in [6.45, 7) is 0.415. The van der Waals surface area contributed by atoms with Crippen LogP contribution < -0.4 is 9.64 Å². The molecule has 6 nitrogen and oxygen atoms in total. The number of rotatable bonds is 8. The normalized spacial score (nSPS) is 18.1. The summed E-state index contributed by atoms with van der Waals surface area (Å²) >= 11 is 5.98. The molecule has 7 heteroatoms. The number of ether oxygens (including phenoxy) is 1. The monoisotopic (exact) mass is 480 g/mol. The average Bonchev–Trinajstić information content (AvgIpc) is 3.15. The second-order valence-corrected chi connectivity index (χ2v) is 9.17. The van der Waals surface area contributed by atoms with Crippen molar-refractivity contribution < 1.29 is 19.1 Å². The fourth-order valence-electron chi connectivity index (χ4n) is 4.59. The Morgan fingerprint density at radius 3 is 2.47 bits per heavy atom. The molecule has 1 aliphatic heterocycles. The molecule has 1 atom stereocenters. The smallest absolute Gasteiger partial charge is 0.257 e.